The second-order valence-corrected chi connectivity index (χ2v) is 6.39. The van der Waals surface area contributed by atoms with Crippen molar-refractivity contribution in [3.8, 4) is 0 Å². The van der Waals surface area contributed by atoms with E-state index in [2.05, 4.69) is 0 Å². The summed E-state index contributed by atoms with van der Waals surface area (Å²) in [6.07, 6.45) is -1.18. The molecule has 9 heteroatoms. The van der Waals surface area contributed by atoms with Gasteiger partial charge in [-0.1, -0.05) is 0 Å². The molecule has 0 aliphatic carbocycles. The number of nitrogens with two attached hydrogens (primary N) is 1. The molecule has 1 amide bonds. The number of carboxylic acid groups (broad SMARTS) is 1. The first-order chi connectivity index (χ1) is 9.82. The van der Waals surface area contributed by atoms with Crippen molar-refractivity contribution in [2.24, 2.45) is 5.73 Å². The highest BCUT2D eigenvalue weighted by Crippen LogP contribution is 2.19. The van der Waals surface area contributed by atoms with Crippen LogP contribution < -0.4 is 5.73 Å². The van der Waals surface area contributed by atoms with E-state index in [1.807, 2.05) is 0 Å². The third kappa shape index (κ3) is 3.20. The molecule has 0 aromatic heterocycles. The van der Waals surface area contributed by atoms with Gasteiger partial charge in [0.05, 0.1) is 18.0 Å². The van der Waals surface area contributed by atoms with Crippen LogP contribution in [0.15, 0.2) is 29.2 Å². The smallest absolute Gasteiger partial charge is 0.334 e. The zero-order chi connectivity index (χ0) is 15.6. The van der Waals surface area contributed by atoms with E-state index in [1.54, 1.807) is 0 Å². The van der Waals surface area contributed by atoms with Gasteiger partial charge in [-0.25, -0.2) is 13.2 Å². The van der Waals surface area contributed by atoms with Gasteiger partial charge in [-0.15, -0.1) is 0 Å². The van der Waals surface area contributed by atoms with E-state index in [4.69, 9.17) is 15.6 Å². The Morgan fingerprint density at radius 1 is 1.29 bits per heavy atom. The number of carboxylic acids is 1. The van der Waals surface area contributed by atoms with Gasteiger partial charge in [-0.05, 0) is 24.3 Å². The molecule has 0 bridgehead atoms. The van der Waals surface area contributed by atoms with Gasteiger partial charge in [0.25, 0.3) is 0 Å². The van der Waals surface area contributed by atoms with Gasteiger partial charge in [0.1, 0.15) is 0 Å². The molecule has 1 aromatic carbocycles. The third-order valence-corrected chi connectivity index (χ3v) is 4.96. The minimum atomic E-state index is -3.83. The van der Waals surface area contributed by atoms with E-state index in [1.165, 1.54) is 24.3 Å². The number of rotatable bonds is 4. The van der Waals surface area contributed by atoms with Crippen molar-refractivity contribution in [3.05, 3.63) is 29.8 Å². The summed E-state index contributed by atoms with van der Waals surface area (Å²) in [5.41, 5.74) is 5.28. The van der Waals surface area contributed by atoms with Crippen molar-refractivity contribution in [2.75, 3.05) is 19.7 Å². The average Bonchev–Trinajstić information content (AvgIpc) is 2.47. The van der Waals surface area contributed by atoms with Crippen LogP contribution in [0.1, 0.15) is 10.4 Å². The number of carbonyl (C=O) groups is 2. The van der Waals surface area contributed by atoms with E-state index in [0.717, 1.165) is 4.31 Å². The Kier molecular flexibility index (Phi) is 4.26. The molecule has 1 saturated heterocycles. The van der Waals surface area contributed by atoms with Crippen molar-refractivity contribution in [2.45, 2.75) is 11.0 Å². The predicted octanol–water partition coefficient (Wildman–Crippen LogP) is -0.740. The summed E-state index contributed by atoms with van der Waals surface area (Å²) in [5.74, 6) is -1.87. The molecule has 8 nitrogen and oxygen atoms in total. The number of aliphatic carboxylic acids is 1. The highest BCUT2D eigenvalue weighted by molar-refractivity contribution is 7.89. The molecule has 3 N–H and O–H groups in total. The predicted molar refractivity (Wildman–Crippen MR) is 71.1 cm³/mol. The van der Waals surface area contributed by atoms with Crippen molar-refractivity contribution in [1.82, 2.24) is 4.31 Å². The lowest BCUT2D eigenvalue weighted by Crippen LogP contribution is -2.48. The number of benzene rings is 1. The molecule has 21 heavy (non-hydrogen) atoms. The monoisotopic (exact) mass is 314 g/mol. The second-order valence-electron chi connectivity index (χ2n) is 4.45. The molecule has 1 aromatic rings. The van der Waals surface area contributed by atoms with E-state index in [9.17, 15) is 18.0 Å². The lowest BCUT2D eigenvalue weighted by Gasteiger charge is -2.30. The molecular weight excluding hydrogens is 300 g/mol. The minimum Gasteiger partial charge on any atom is -0.479 e. The number of carbonyl (C=O) groups excluding carboxylic acids is 1. The molecule has 2 rings (SSSR count). The van der Waals surface area contributed by atoms with E-state index >= 15 is 0 Å². The van der Waals surface area contributed by atoms with Crippen LogP contribution in [0.25, 0.3) is 0 Å². The Balaban J connectivity index is 2.24. The van der Waals surface area contributed by atoms with Gasteiger partial charge < -0.3 is 15.6 Å². The van der Waals surface area contributed by atoms with Crippen LogP contribution >= 0.6 is 0 Å². The highest BCUT2D eigenvalue weighted by Gasteiger charge is 2.33. The largest absolute Gasteiger partial charge is 0.479 e. The molecule has 1 atom stereocenters. The Labute approximate surface area is 121 Å². The molecule has 0 spiro atoms. The standard InChI is InChI=1S/C12H14N2O6S/c13-11(15)8-1-3-9(4-2-8)21(18,19)14-5-6-20-10(7-14)12(16)17/h1-4,10H,5-7H2,(H2,13,15)(H,16,17). The lowest BCUT2D eigenvalue weighted by atomic mass is 10.2. The Morgan fingerprint density at radius 2 is 1.90 bits per heavy atom. The van der Waals surface area contributed by atoms with E-state index < -0.39 is 28.0 Å². The summed E-state index contributed by atoms with van der Waals surface area (Å²) in [7, 11) is -3.83. The molecule has 1 fully saturated rings. The molecule has 0 saturated carbocycles. The summed E-state index contributed by atoms with van der Waals surface area (Å²) in [6.45, 7) is -0.172. The zero-order valence-corrected chi connectivity index (χ0v) is 11.7. The van der Waals surface area contributed by atoms with Crippen LogP contribution in [0.5, 0.6) is 0 Å². The number of hydrogen-bond acceptors (Lipinski definition) is 5. The maximum absolute atomic E-state index is 12.4. The average molecular weight is 314 g/mol. The summed E-state index contributed by atoms with van der Waals surface area (Å²) in [4.78, 5) is 21.8. The van der Waals surface area contributed by atoms with Gasteiger partial charge in [0.15, 0.2) is 6.10 Å². The minimum absolute atomic E-state index is 0.00949. The number of primary amides is 1. The van der Waals surface area contributed by atoms with Crippen molar-refractivity contribution >= 4 is 21.9 Å². The fourth-order valence-electron chi connectivity index (χ4n) is 1.93. The zero-order valence-electron chi connectivity index (χ0n) is 10.9. The molecular formula is C12H14N2O6S. The van der Waals surface area contributed by atoms with Gasteiger partial charge in [-0.3, -0.25) is 4.79 Å². The molecule has 1 aliphatic rings. The van der Waals surface area contributed by atoms with Crippen LogP contribution in [0, 0.1) is 0 Å². The molecule has 0 radical (unpaired) electrons. The van der Waals surface area contributed by atoms with Crippen molar-refractivity contribution < 1.29 is 27.9 Å². The first-order valence-electron chi connectivity index (χ1n) is 6.07. The number of amides is 1. The maximum Gasteiger partial charge on any atom is 0.334 e. The number of sulfonamides is 1. The number of hydrogen-bond donors (Lipinski definition) is 2. The van der Waals surface area contributed by atoms with Crippen LogP contribution in [-0.2, 0) is 19.6 Å². The molecule has 114 valence electrons. The summed E-state index contributed by atoms with van der Waals surface area (Å²) >= 11 is 0. The SMILES string of the molecule is NC(=O)c1ccc(S(=O)(=O)N2CCOC(C(=O)O)C2)cc1. The summed E-state index contributed by atoms with van der Waals surface area (Å²) in [5, 5.41) is 8.89. The van der Waals surface area contributed by atoms with Crippen LogP contribution in [0.2, 0.25) is 0 Å². The third-order valence-electron chi connectivity index (χ3n) is 3.08. The first-order valence-corrected chi connectivity index (χ1v) is 7.51. The topological polar surface area (TPSA) is 127 Å². The Morgan fingerprint density at radius 3 is 2.43 bits per heavy atom. The van der Waals surface area contributed by atoms with Crippen molar-refractivity contribution in [3.63, 3.8) is 0 Å². The first kappa shape index (κ1) is 15.4. The van der Waals surface area contributed by atoms with Gasteiger partial charge in [0, 0.05) is 12.1 Å². The van der Waals surface area contributed by atoms with Crippen LogP contribution in [-0.4, -0.2) is 55.5 Å². The number of nitrogens with zero attached hydrogens (tertiary/aromatic N) is 1. The van der Waals surface area contributed by atoms with Gasteiger partial charge in [-0.2, -0.15) is 4.31 Å². The quantitative estimate of drug-likeness (QED) is 0.753. The lowest BCUT2D eigenvalue weighted by molar-refractivity contribution is -0.153. The maximum atomic E-state index is 12.4. The van der Waals surface area contributed by atoms with Crippen molar-refractivity contribution in [1.29, 1.82) is 0 Å². The second kappa shape index (κ2) is 5.80. The number of ether oxygens (including phenoxy) is 1. The highest BCUT2D eigenvalue weighted by atomic mass is 32.2. The van der Waals surface area contributed by atoms with Crippen LogP contribution in [0.4, 0.5) is 0 Å². The molecule has 1 heterocycles. The van der Waals surface area contributed by atoms with E-state index in [0.29, 0.717) is 0 Å². The fourth-order valence-corrected chi connectivity index (χ4v) is 3.36. The van der Waals surface area contributed by atoms with Gasteiger partial charge >= 0.3 is 5.97 Å². The Hall–Kier alpha value is -1.97. The van der Waals surface area contributed by atoms with E-state index in [-0.39, 0.29) is 30.2 Å². The molecule has 1 unspecified atom stereocenters. The normalized spacial score (nSPS) is 20.1. The summed E-state index contributed by atoms with van der Waals surface area (Å²) < 4.78 is 30.8. The Bertz CT molecular complexity index is 655. The summed E-state index contributed by atoms with van der Waals surface area (Å²) in [6, 6.07) is 5.15. The fraction of sp³-hybridized carbons (Fsp3) is 0.333. The van der Waals surface area contributed by atoms with Gasteiger partial charge in [0.2, 0.25) is 15.9 Å². The number of morpholine rings is 1. The molecule has 1 aliphatic heterocycles. The van der Waals surface area contributed by atoms with Crippen LogP contribution in [0.3, 0.4) is 0 Å².